The minimum atomic E-state index is 0.748. The first-order chi connectivity index (χ1) is 4.75. The van der Waals surface area contributed by atoms with Crippen LogP contribution in [0.5, 0.6) is 0 Å². The van der Waals surface area contributed by atoms with E-state index in [-0.39, 0.29) is 0 Å². The van der Waals surface area contributed by atoms with Crippen LogP contribution in [0.15, 0.2) is 29.3 Å². The maximum Gasteiger partial charge on any atom is 0.0531 e. The van der Waals surface area contributed by atoms with Crippen molar-refractivity contribution >= 4 is 27.7 Å². The van der Waals surface area contributed by atoms with Crippen molar-refractivity contribution in [1.29, 1.82) is 0 Å². The largest absolute Gasteiger partial charge is 0.397 e. The predicted molar refractivity (Wildman–Crippen MR) is 48.6 cm³/mol. The van der Waals surface area contributed by atoms with Gasteiger partial charge in [0.25, 0.3) is 0 Å². The lowest BCUT2D eigenvalue weighted by Crippen LogP contribution is -1.89. The third-order valence-electron chi connectivity index (χ3n) is 1.31. The van der Waals surface area contributed by atoms with E-state index in [1.807, 2.05) is 18.2 Å². The van der Waals surface area contributed by atoms with E-state index in [9.17, 15) is 0 Å². The Balaban J connectivity index is 3.27. The number of benzene rings is 1. The predicted octanol–water partition coefficient (Wildman–Crippen LogP) is 2.67. The Labute approximate surface area is 68.7 Å². The molecule has 10 heavy (non-hydrogen) atoms. The molecule has 0 amide bonds. The van der Waals surface area contributed by atoms with Crippen molar-refractivity contribution in [2.45, 2.75) is 0 Å². The lowest BCUT2D eigenvalue weighted by molar-refractivity contribution is 1.60. The normalized spacial score (nSPS) is 9.30. The number of para-hydroxylation sites is 1. The van der Waals surface area contributed by atoms with Gasteiger partial charge in [0.1, 0.15) is 0 Å². The van der Waals surface area contributed by atoms with Crippen molar-refractivity contribution in [3.63, 3.8) is 0 Å². The minimum absolute atomic E-state index is 0.748. The van der Waals surface area contributed by atoms with Gasteiger partial charge in [0, 0.05) is 4.47 Å². The van der Waals surface area contributed by atoms with Crippen LogP contribution in [0.1, 0.15) is 5.56 Å². The van der Waals surface area contributed by atoms with Gasteiger partial charge in [-0.05, 0) is 27.6 Å². The summed E-state index contributed by atoms with van der Waals surface area (Å²) in [6.45, 7) is 3.63. The van der Waals surface area contributed by atoms with E-state index in [1.165, 1.54) is 0 Å². The second-order valence-electron chi connectivity index (χ2n) is 1.95. The van der Waals surface area contributed by atoms with Gasteiger partial charge in [-0.1, -0.05) is 24.8 Å². The van der Waals surface area contributed by atoms with Crippen LogP contribution < -0.4 is 5.73 Å². The zero-order chi connectivity index (χ0) is 7.56. The van der Waals surface area contributed by atoms with Gasteiger partial charge in [-0.15, -0.1) is 0 Å². The topological polar surface area (TPSA) is 26.0 Å². The van der Waals surface area contributed by atoms with E-state index in [1.54, 1.807) is 6.08 Å². The second-order valence-corrected chi connectivity index (χ2v) is 2.80. The fourth-order valence-corrected chi connectivity index (χ4v) is 1.11. The molecule has 1 nitrogen and oxygen atoms in total. The van der Waals surface area contributed by atoms with Gasteiger partial charge in [-0.2, -0.15) is 0 Å². The molecule has 0 saturated heterocycles. The molecule has 0 spiro atoms. The van der Waals surface area contributed by atoms with Crippen LogP contribution in [0.3, 0.4) is 0 Å². The van der Waals surface area contributed by atoms with Crippen LogP contribution in [0.4, 0.5) is 5.69 Å². The van der Waals surface area contributed by atoms with E-state index in [4.69, 9.17) is 5.73 Å². The number of halogens is 1. The van der Waals surface area contributed by atoms with Gasteiger partial charge < -0.3 is 5.73 Å². The molecular formula is C8H8BrN. The maximum atomic E-state index is 5.67. The quantitative estimate of drug-likeness (QED) is 0.689. The summed E-state index contributed by atoms with van der Waals surface area (Å²) in [6, 6.07) is 5.76. The highest BCUT2D eigenvalue weighted by atomic mass is 79.9. The Hall–Kier alpha value is -0.760. The molecule has 0 saturated carbocycles. The highest BCUT2D eigenvalue weighted by molar-refractivity contribution is 9.10. The molecule has 0 fully saturated rings. The standard InChI is InChI=1S/C8H8BrN/c1-2-6-4-3-5-7(9)8(6)10/h2-5H,1,10H2. The van der Waals surface area contributed by atoms with Crippen molar-refractivity contribution in [1.82, 2.24) is 0 Å². The molecule has 0 aliphatic heterocycles. The van der Waals surface area contributed by atoms with Crippen LogP contribution in [-0.4, -0.2) is 0 Å². The molecule has 0 atom stereocenters. The van der Waals surface area contributed by atoms with Gasteiger partial charge in [0.2, 0.25) is 0 Å². The van der Waals surface area contributed by atoms with E-state index in [0.29, 0.717) is 0 Å². The number of hydrogen-bond donors (Lipinski definition) is 1. The van der Waals surface area contributed by atoms with E-state index >= 15 is 0 Å². The summed E-state index contributed by atoms with van der Waals surface area (Å²) < 4.78 is 0.921. The summed E-state index contributed by atoms with van der Waals surface area (Å²) in [5.41, 5.74) is 7.39. The van der Waals surface area contributed by atoms with Gasteiger partial charge in [0.05, 0.1) is 5.69 Å². The molecule has 0 aliphatic carbocycles. The molecule has 0 aromatic heterocycles. The van der Waals surface area contributed by atoms with E-state index in [0.717, 1.165) is 15.7 Å². The van der Waals surface area contributed by atoms with E-state index < -0.39 is 0 Å². The third kappa shape index (κ3) is 1.21. The van der Waals surface area contributed by atoms with E-state index in [2.05, 4.69) is 22.5 Å². The molecule has 1 rings (SSSR count). The number of hydrogen-bond acceptors (Lipinski definition) is 1. The molecule has 1 aromatic carbocycles. The lowest BCUT2D eigenvalue weighted by Gasteiger charge is -2.00. The summed E-state index contributed by atoms with van der Waals surface area (Å²) in [5.74, 6) is 0. The summed E-state index contributed by atoms with van der Waals surface area (Å²) in [6.07, 6.45) is 1.74. The molecule has 0 radical (unpaired) electrons. The fourth-order valence-electron chi connectivity index (χ4n) is 0.732. The number of nitrogens with two attached hydrogens (primary N) is 1. The summed E-state index contributed by atoms with van der Waals surface area (Å²) in [5, 5.41) is 0. The molecule has 0 aliphatic rings. The SMILES string of the molecule is C=Cc1cccc(Br)c1N. The van der Waals surface area contributed by atoms with Crippen molar-refractivity contribution in [2.75, 3.05) is 5.73 Å². The number of nitrogen functional groups attached to an aromatic ring is 1. The Morgan fingerprint density at radius 2 is 2.20 bits per heavy atom. The molecule has 1 aromatic rings. The molecule has 2 heteroatoms. The Morgan fingerprint density at radius 3 is 2.70 bits per heavy atom. The highest BCUT2D eigenvalue weighted by Crippen LogP contribution is 2.23. The number of anilines is 1. The average molecular weight is 198 g/mol. The van der Waals surface area contributed by atoms with Crippen molar-refractivity contribution in [2.24, 2.45) is 0 Å². The van der Waals surface area contributed by atoms with Crippen LogP contribution in [0.25, 0.3) is 6.08 Å². The van der Waals surface area contributed by atoms with Crippen molar-refractivity contribution in [3.05, 3.63) is 34.8 Å². The van der Waals surface area contributed by atoms with Gasteiger partial charge in [-0.25, -0.2) is 0 Å². The summed E-state index contributed by atoms with van der Waals surface area (Å²) in [7, 11) is 0. The molecule has 0 heterocycles. The molecule has 0 unspecified atom stereocenters. The van der Waals surface area contributed by atoms with Crippen LogP contribution in [0, 0.1) is 0 Å². The fraction of sp³-hybridized carbons (Fsp3) is 0. The number of rotatable bonds is 1. The zero-order valence-electron chi connectivity index (χ0n) is 5.47. The summed E-state index contributed by atoms with van der Waals surface area (Å²) >= 11 is 3.31. The third-order valence-corrected chi connectivity index (χ3v) is 2.00. The lowest BCUT2D eigenvalue weighted by atomic mass is 10.2. The van der Waals surface area contributed by atoms with Crippen molar-refractivity contribution < 1.29 is 0 Å². The molecular weight excluding hydrogens is 190 g/mol. The first kappa shape index (κ1) is 7.35. The minimum Gasteiger partial charge on any atom is -0.397 e. The smallest absolute Gasteiger partial charge is 0.0531 e. The van der Waals surface area contributed by atoms with Gasteiger partial charge in [-0.3, -0.25) is 0 Å². The highest BCUT2D eigenvalue weighted by Gasteiger charge is 1.96. The average Bonchev–Trinajstić information content (AvgIpc) is 1.95. The molecule has 2 N–H and O–H groups in total. The zero-order valence-corrected chi connectivity index (χ0v) is 7.06. The van der Waals surface area contributed by atoms with Crippen LogP contribution in [-0.2, 0) is 0 Å². The van der Waals surface area contributed by atoms with Crippen LogP contribution in [0.2, 0.25) is 0 Å². The Bertz CT molecular complexity index is 255. The van der Waals surface area contributed by atoms with Crippen LogP contribution >= 0.6 is 15.9 Å². The summed E-state index contributed by atoms with van der Waals surface area (Å²) in [4.78, 5) is 0. The molecule has 0 bridgehead atoms. The maximum absolute atomic E-state index is 5.67. The Kier molecular flexibility index (Phi) is 2.12. The van der Waals surface area contributed by atoms with Gasteiger partial charge in [0.15, 0.2) is 0 Å². The monoisotopic (exact) mass is 197 g/mol. The van der Waals surface area contributed by atoms with Crippen molar-refractivity contribution in [3.8, 4) is 0 Å². The molecule has 52 valence electrons. The first-order valence-electron chi connectivity index (χ1n) is 2.92. The van der Waals surface area contributed by atoms with Gasteiger partial charge >= 0.3 is 0 Å². The second kappa shape index (κ2) is 2.88. The Morgan fingerprint density at radius 1 is 1.50 bits per heavy atom. The first-order valence-corrected chi connectivity index (χ1v) is 3.71.